The van der Waals surface area contributed by atoms with Crippen LogP contribution in [0.25, 0.3) is 0 Å². The lowest BCUT2D eigenvalue weighted by Gasteiger charge is -2.36. The highest BCUT2D eigenvalue weighted by Crippen LogP contribution is 2.37. The number of alkyl halides is 3. The van der Waals surface area contributed by atoms with E-state index in [0.717, 1.165) is 37.5 Å². The van der Waals surface area contributed by atoms with Crippen molar-refractivity contribution in [2.24, 2.45) is 0 Å². The maximum Gasteiger partial charge on any atom is 0.416 e. The minimum atomic E-state index is -4.28. The molecule has 0 saturated carbocycles. The van der Waals surface area contributed by atoms with Crippen molar-refractivity contribution in [3.63, 3.8) is 0 Å². The zero-order valence-corrected chi connectivity index (χ0v) is 13.0. The van der Waals surface area contributed by atoms with Gasteiger partial charge in [0, 0.05) is 31.5 Å². The SMILES string of the molecule is FC(F)(F)c1ccc(N2C=C3CN(Cc4ccccc4)CC32)cc1. The maximum absolute atomic E-state index is 12.7. The Morgan fingerprint density at radius 1 is 0.958 bits per heavy atom. The fraction of sp³-hybridized carbons (Fsp3) is 0.263. The van der Waals surface area contributed by atoms with E-state index in [9.17, 15) is 13.2 Å². The number of rotatable bonds is 3. The first-order valence-electron chi connectivity index (χ1n) is 7.93. The molecule has 2 aliphatic rings. The molecule has 0 aliphatic carbocycles. The Morgan fingerprint density at radius 3 is 2.33 bits per heavy atom. The van der Waals surface area contributed by atoms with Crippen LogP contribution >= 0.6 is 0 Å². The first-order chi connectivity index (χ1) is 11.5. The van der Waals surface area contributed by atoms with Crippen LogP contribution in [0.3, 0.4) is 0 Å². The highest BCUT2D eigenvalue weighted by molar-refractivity contribution is 5.60. The first kappa shape index (κ1) is 15.3. The van der Waals surface area contributed by atoms with E-state index in [0.29, 0.717) is 0 Å². The second kappa shape index (κ2) is 5.67. The van der Waals surface area contributed by atoms with E-state index in [1.54, 1.807) is 12.1 Å². The number of hydrogen-bond donors (Lipinski definition) is 0. The van der Waals surface area contributed by atoms with E-state index in [2.05, 4.69) is 28.1 Å². The van der Waals surface area contributed by atoms with E-state index < -0.39 is 11.7 Å². The van der Waals surface area contributed by atoms with Gasteiger partial charge in [-0.1, -0.05) is 30.3 Å². The van der Waals surface area contributed by atoms with Gasteiger partial charge in [0.1, 0.15) is 0 Å². The van der Waals surface area contributed by atoms with E-state index in [-0.39, 0.29) is 6.04 Å². The number of halogens is 3. The average Bonchev–Trinajstić information content (AvgIpc) is 2.85. The molecule has 0 spiro atoms. The van der Waals surface area contributed by atoms with Crippen LogP contribution in [0.4, 0.5) is 18.9 Å². The van der Waals surface area contributed by atoms with Crippen molar-refractivity contribution in [1.29, 1.82) is 0 Å². The van der Waals surface area contributed by atoms with Gasteiger partial charge in [-0.05, 0) is 35.4 Å². The molecule has 0 aromatic heterocycles. The van der Waals surface area contributed by atoms with Gasteiger partial charge in [0.2, 0.25) is 0 Å². The Labute approximate surface area is 138 Å². The number of anilines is 1. The monoisotopic (exact) mass is 330 g/mol. The summed E-state index contributed by atoms with van der Waals surface area (Å²) in [6.07, 6.45) is -2.23. The molecular weight excluding hydrogens is 313 g/mol. The van der Waals surface area contributed by atoms with Crippen molar-refractivity contribution in [2.45, 2.75) is 18.8 Å². The molecule has 2 nitrogen and oxygen atoms in total. The summed E-state index contributed by atoms with van der Waals surface area (Å²) in [7, 11) is 0. The Bertz CT molecular complexity index is 750. The molecule has 0 N–H and O–H groups in total. The summed E-state index contributed by atoms with van der Waals surface area (Å²) in [6, 6.07) is 16.0. The normalized spacial score (nSPS) is 20.5. The summed E-state index contributed by atoms with van der Waals surface area (Å²) in [5.74, 6) is 0. The first-order valence-corrected chi connectivity index (χ1v) is 7.93. The van der Waals surface area contributed by atoms with Gasteiger partial charge in [0.05, 0.1) is 11.6 Å². The van der Waals surface area contributed by atoms with E-state index in [1.807, 2.05) is 18.2 Å². The van der Waals surface area contributed by atoms with Crippen LogP contribution in [0.2, 0.25) is 0 Å². The van der Waals surface area contributed by atoms with Crippen LogP contribution in [0.1, 0.15) is 11.1 Å². The molecular formula is C19H17F3N2. The Hall–Kier alpha value is -2.27. The number of nitrogens with zero attached hydrogens (tertiary/aromatic N) is 2. The quantitative estimate of drug-likeness (QED) is 0.828. The van der Waals surface area contributed by atoms with Crippen molar-refractivity contribution in [1.82, 2.24) is 4.90 Å². The third kappa shape index (κ3) is 2.80. The molecule has 1 fully saturated rings. The molecule has 2 aliphatic heterocycles. The minimum Gasteiger partial charge on any atom is -0.339 e. The molecule has 0 radical (unpaired) electrons. The van der Waals surface area contributed by atoms with Crippen LogP contribution in [0, 0.1) is 0 Å². The van der Waals surface area contributed by atoms with Crippen LogP contribution in [-0.4, -0.2) is 24.0 Å². The third-order valence-electron chi connectivity index (χ3n) is 4.65. The van der Waals surface area contributed by atoms with Crippen LogP contribution in [0.5, 0.6) is 0 Å². The summed E-state index contributed by atoms with van der Waals surface area (Å²) in [5, 5.41) is 0. The molecule has 5 heteroatoms. The van der Waals surface area contributed by atoms with Crippen molar-refractivity contribution < 1.29 is 13.2 Å². The fourth-order valence-corrected chi connectivity index (χ4v) is 3.41. The Kier molecular flexibility index (Phi) is 3.61. The molecule has 1 saturated heterocycles. The van der Waals surface area contributed by atoms with Crippen LogP contribution in [-0.2, 0) is 12.7 Å². The molecule has 1 unspecified atom stereocenters. The zero-order chi connectivity index (χ0) is 16.7. The predicted octanol–water partition coefficient (Wildman–Crippen LogP) is 4.29. The topological polar surface area (TPSA) is 6.48 Å². The second-order valence-electron chi connectivity index (χ2n) is 6.33. The van der Waals surface area contributed by atoms with Gasteiger partial charge in [-0.25, -0.2) is 0 Å². The number of fused-ring (bicyclic) bond motifs is 1. The summed E-state index contributed by atoms with van der Waals surface area (Å²) < 4.78 is 38.0. The zero-order valence-electron chi connectivity index (χ0n) is 13.0. The van der Waals surface area contributed by atoms with E-state index in [1.165, 1.54) is 11.1 Å². The molecule has 124 valence electrons. The highest BCUT2D eigenvalue weighted by atomic mass is 19.4. The highest BCUT2D eigenvalue weighted by Gasteiger charge is 2.38. The minimum absolute atomic E-state index is 0.283. The molecule has 4 rings (SSSR count). The van der Waals surface area contributed by atoms with Gasteiger partial charge >= 0.3 is 6.18 Å². The van der Waals surface area contributed by atoms with Crippen molar-refractivity contribution in [3.8, 4) is 0 Å². The number of likely N-dealkylation sites (tertiary alicyclic amines) is 1. The number of hydrogen-bond acceptors (Lipinski definition) is 2. The molecule has 0 amide bonds. The van der Waals surface area contributed by atoms with E-state index >= 15 is 0 Å². The van der Waals surface area contributed by atoms with Crippen molar-refractivity contribution in [3.05, 3.63) is 77.5 Å². The molecule has 2 aromatic carbocycles. The lowest BCUT2D eigenvalue weighted by molar-refractivity contribution is -0.137. The van der Waals surface area contributed by atoms with Gasteiger partial charge in [-0.3, -0.25) is 4.90 Å². The fourth-order valence-electron chi connectivity index (χ4n) is 3.41. The van der Waals surface area contributed by atoms with Gasteiger partial charge in [-0.2, -0.15) is 13.2 Å². The third-order valence-corrected chi connectivity index (χ3v) is 4.65. The number of benzene rings is 2. The van der Waals surface area contributed by atoms with Crippen LogP contribution in [0.15, 0.2) is 66.4 Å². The van der Waals surface area contributed by atoms with Gasteiger partial charge in [0.25, 0.3) is 0 Å². The summed E-state index contributed by atoms with van der Waals surface area (Å²) in [5.41, 5.74) is 2.85. The average molecular weight is 330 g/mol. The molecule has 24 heavy (non-hydrogen) atoms. The largest absolute Gasteiger partial charge is 0.416 e. The molecule has 0 bridgehead atoms. The van der Waals surface area contributed by atoms with Crippen LogP contribution < -0.4 is 4.90 Å². The smallest absolute Gasteiger partial charge is 0.339 e. The Balaban J connectivity index is 1.43. The lowest BCUT2D eigenvalue weighted by Crippen LogP contribution is -2.41. The second-order valence-corrected chi connectivity index (χ2v) is 6.33. The van der Waals surface area contributed by atoms with Crippen molar-refractivity contribution in [2.75, 3.05) is 18.0 Å². The predicted molar refractivity (Wildman–Crippen MR) is 87.5 cm³/mol. The van der Waals surface area contributed by atoms with E-state index in [4.69, 9.17) is 0 Å². The van der Waals surface area contributed by atoms with Crippen molar-refractivity contribution >= 4 is 5.69 Å². The summed E-state index contributed by atoms with van der Waals surface area (Å²) in [6.45, 7) is 2.73. The Morgan fingerprint density at radius 2 is 1.67 bits per heavy atom. The summed E-state index contributed by atoms with van der Waals surface area (Å²) >= 11 is 0. The maximum atomic E-state index is 12.7. The lowest BCUT2D eigenvalue weighted by atomic mass is 10.0. The molecule has 2 heterocycles. The molecule has 2 aromatic rings. The summed E-state index contributed by atoms with van der Waals surface area (Å²) in [4.78, 5) is 4.44. The molecule has 1 atom stereocenters. The van der Waals surface area contributed by atoms with Gasteiger partial charge < -0.3 is 4.90 Å². The van der Waals surface area contributed by atoms with Gasteiger partial charge in [0.15, 0.2) is 0 Å². The van der Waals surface area contributed by atoms with Gasteiger partial charge in [-0.15, -0.1) is 0 Å². The standard InChI is InChI=1S/C19H17F3N2/c20-19(21,22)16-6-8-17(9-7-16)24-12-15-11-23(13-18(15)24)10-14-4-2-1-3-5-14/h1-9,12,18H,10-11,13H2.